The first kappa shape index (κ1) is 15.0. The average Bonchev–Trinajstić information content (AvgIpc) is 2.51. The molecule has 2 N–H and O–H groups in total. The number of aryl methyl sites for hydroxylation is 1. The summed E-state index contributed by atoms with van der Waals surface area (Å²) in [5.74, 6) is -0.00803. The highest BCUT2D eigenvalue weighted by Gasteiger charge is 2.14. The Labute approximate surface area is 137 Å². The molecule has 5 heteroatoms. The highest BCUT2D eigenvalue weighted by Crippen LogP contribution is 2.37. The topological polar surface area (TPSA) is 53.1 Å². The smallest absolute Gasteiger partial charge is 0.266 e. The lowest BCUT2D eigenvalue weighted by Crippen LogP contribution is -2.08. The fourth-order valence-corrected chi connectivity index (χ4v) is 3.57. The number of aromatic nitrogens is 1. The first-order chi connectivity index (χ1) is 10.6. The van der Waals surface area contributed by atoms with Crippen LogP contribution in [0.5, 0.6) is 5.75 Å². The van der Waals surface area contributed by atoms with E-state index >= 15 is 0 Å². The third-order valence-corrected chi connectivity index (χ3v) is 4.91. The summed E-state index contributed by atoms with van der Waals surface area (Å²) >= 11 is 7.21. The molecule has 1 aromatic heterocycles. The number of H-pyrrole nitrogens is 1. The number of aromatic amines is 1. The molecule has 0 aliphatic rings. The molecular weight excluding hydrogens is 318 g/mol. The van der Waals surface area contributed by atoms with E-state index in [1.165, 1.54) is 11.8 Å². The molecule has 0 unspecified atom stereocenters. The van der Waals surface area contributed by atoms with E-state index in [0.29, 0.717) is 20.8 Å². The lowest BCUT2D eigenvalue weighted by atomic mass is 10.2. The quantitative estimate of drug-likeness (QED) is 0.737. The number of halogens is 1. The molecule has 0 spiro atoms. The van der Waals surface area contributed by atoms with Crippen molar-refractivity contribution in [3.63, 3.8) is 0 Å². The normalized spacial score (nSPS) is 11.0. The van der Waals surface area contributed by atoms with Crippen LogP contribution < -0.4 is 5.56 Å². The summed E-state index contributed by atoms with van der Waals surface area (Å²) in [6.07, 6.45) is 0.866. The Kier molecular flexibility index (Phi) is 4.14. The van der Waals surface area contributed by atoms with Gasteiger partial charge in [0.2, 0.25) is 0 Å². The van der Waals surface area contributed by atoms with Crippen LogP contribution in [0, 0.1) is 0 Å². The first-order valence-corrected chi connectivity index (χ1v) is 8.10. The molecule has 0 aliphatic carbocycles. The molecular formula is C17H14ClNO2S. The van der Waals surface area contributed by atoms with Crippen LogP contribution in [0.25, 0.3) is 10.9 Å². The van der Waals surface area contributed by atoms with E-state index < -0.39 is 0 Å². The van der Waals surface area contributed by atoms with Gasteiger partial charge < -0.3 is 10.1 Å². The van der Waals surface area contributed by atoms with Crippen LogP contribution in [0.2, 0.25) is 5.02 Å². The Balaban J connectivity index is 2.15. The number of benzene rings is 2. The van der Waals surface area contributed by atoms with Gasteiger partial charge in [-0.3, -0.25) is 4.79 Å². The third kappa shape index (κ3) is 2.72. The molecule has 0 amide bonds. The first-order valence-electron chi connectivity index (χ1n) is 6.90. The molecule has 0 saturated carbocycles. The van der Waals surface area contributed by atoms with Crippen molar-refractivity contribution >= 4 is 34.3 Å². The molecule has 0 radical (unpaired) electrons. The molecule has 0 aliphatic heterocycles. The summed E-state index contributed by atoms with van der Waals surface area (Å²) in [6, 6.07) is 12.9. The van der Waals surface area contributed by atoms with E-state index in [2.05, 4.69) is 11.9 Å². The maximum Gasteiger partial charge on any atom is 0.266 e. The molecule has 1 heterocycles. The minimum absolute atomic E-state index is 0.00803. The average molecular weight is 332 g/mol. The molecule has 22 heavy (non-hydrogen) atoms. The van der Waals surface area contributed by atoms with Gasteiger partial charge in [-0.15, -0.1) is 0 Å². The maximum atomic E-state index is 12.3. The Hall–Kier alpha value is -1.91. The SMILES string of the molecule is CCc1ccccc1Sc1c(O)c2ccc(Cl)cc2[nH]c1=O. The van der Waals surface area contributed by atoms with E-state index in [9.17, 15) is 9.90 Å². The van der Waals surface area contributed by atoms with Gasteiger partial charge in [0.15, 0.2) is 0 Å². The summed E-state index contributed by atoms with van der Waals surface area (Å²) in [5.41, 5.74) is 1.36. The fraction of sp³-hybridized carbons (Fsp3) is 0.118. The molecule has 3 rings (SSSR count). The van der Waals surface area contributed by atoms with Crippen molar-refractivity contribution in [3.05, 3.63) is 63.4 Å². The second kappa shape index (κ2) is 6.07. The van der Waals surface area contributed by atoms with Crippen molar-refractivity contribution in [3.8, 4) is 5.75 Å². The summed E-state index contributed by atoms with van der Waals surface area (Å²) in [7, 11) is 0. The van der Waals surface area contributed by atoms with E-state index in [1.807, 2.05) is 24.3 Å². The lowest BCUT2D eigenvalue weighted by Gasteiger charge is -2.10. The molecule has 0 fully saturated rings. The summed E-state index contributed by atoms with van der Waals surface area (Å²) in [4.78, 5) is 16.3. The van der Waals surface area contributed by atoms with Crippen molar-refractivity contribution in [2.24, 2.45) is 0 Å². The molecule has 0 atom stereocenters. The van der Waals surface area contributed by atoms with Crippen LogP contribution in [0.4, 0.5) is 0 Å². The van der Waals surface area contributed by atoms with Crippen LogP contribution in [-0.2, 0) is 6.42 Å². The molecule has 0 saturated heterocycles. The highest BCUT2D eigenvalue weighted by molar-refractivity contribution is 7.99. The van der Waals surface area contributed by atoms with Crippen LogP contribution in [-0.4, -0.2) is 10.1 Å². The zero-order valence-electron chi connectivity index (χ0n) is 11.9. The van der Waals surface area contributed by atoms with Crippen LogP contribution in [0.15, 0.2) is 57.1 Å². The Morgan fingerprint density at radius 1 is 1.23 bits per heavy atom. The van der Waals surface area contributed by atoms with Crippen molar-refractivity contribution in [1.82, 2.24) is 4.98 Å². The van der Waals surface area contributed by atoms with Crippen molar-refractivity contribution in [1.29, 1.82) is 0 Å². The van der Waals surface area contributed by atoms with E-state index in [4.69, 9.17) is 11.6 Å². The van der Waals surface area contributed by atoms with Gasteiger partial charge in [-0.05, 0) is 36.2 Å². The van der Waals surface area contributed by atoms with Gasteiger partial charge in [-0.2, -0.15) is 0 Å². The van der Waals surface area contributed by atoms with Crippen molar-refractivity contribution < 1.29 is 5.11 Å². The largest absolute Gasteiger partial charge is 0.506 e. The van der Waals surface area contributed by atoms with Gasteiger partial charge in [0.05, 0.1) is 5.52 Å². The van der Waals surface area contributed by atoms with E-state index in [-0.39, 0.29) is 11.3 Å². The number of hydrogen-bond acceptors (Lipinski definition) is 3. The second-order valence-electron chi connectivity index (χ2n) is 4.89. The van der Waals surface area contributed by atoms with Crippen LogP contribution >= 0.6 is 23.4 Å². The standard InChI is InChI=1S/C17H14ClNO2S/c1-2-10-5-3-4-6-14(10)22-16-15(20)12-8-7-11(18)9-13(12)19-17(16)21/h3-9H,2H2,1H3,(H2,19,20,21). The Bertz CT molecular complexity index is 905. The monoisotopic (exact) mass is 331 g/mol. The van der Waals surface area contributed by atoms with Gasteiger partial charge in [0, 0.05) is 15.3 Å². The van der Waals surface area contributed by atoms with Crippen LogP contribution in [0.3, 0.4) is 0 Å². The lowest BCUT2D eigenvalue weighted by molar-refractivity contribution is 0.467. The van der Waals surface area contributed by atoms with Gasteiger partial charge in [0.25, 0.3) is 5.56 Å². The Morgan fingerprint density at radius 2 is 2.00 bits per heavy atom. The van der Waals surface area contributed by atoms with Crippen molar-refractivity contribution in [2.75, 3.05) is 0 Å². The van der Waals surface area contributed by atoms with Gasteiger partial charge in [-0.25, -0.2) is 0 Å². The van der Waals surface area contributed by atoms with Crippen molar-refractivity contribution in [2.45, 2.75) is 23.1 Å². The molecule has 2 aromatic carbocycles. The number of aromatic hydroxyl groups is 1. The molecule has 112 valence electrons. The predicted octanol–water partition coefficient (Wildman–Crippen LogP) is 4.60. The third-order valence-electron chi connectivity index (χ3n) is 3.47. The zero-order valence-corrected chi connectivity index (χ0v) is 13.5. The van der Waals surface area contributed by atoms with Crippen LogP contribution in [0.1, 0.15) is 12.5 Å². The number of hydrogen-bond donors (Lipinski definition) is 2. The minimum Gasteiger partial charge on any atom is -0.506 e. The predicted molar refractivity (Wildman–Crippen MR) is 91.2 cm³/mol. The minimum atomic E-state index is -0.317. The second-order valence-corrected chi connectivity index (χ2v) is 6.37. The number of rotatable bonds is 3. The van der Waals surface area contributed by atoms with Gasteiger partial charge in [0.1, 0.15) is 10.6 Å². The number of pyridine rings is 1. The van der Waals surface area contributed by atoms with E-state index in [0.717, 1.165) is 16.9 Å². The summed E-state index contributed by atoms with van der Waals surface area (Å²) in [6.45, 7) is 2.06. The fourth-order valence-electron chi connectivity index (χ4n) is 2.34. The molecule has 0 bridgehead atoms. The molecule has 3 nitrogen and oxygen atoms in total. The highest BCUT2D eigenvalue weighted by atomic mass is 35.5. The molecule has 3 aromatic rings. The van der Waals surface area contributed by atoms with E-state index in [1.54, 1.807) is 18.2 Å². The summed E-state index contributed by atoms with van der Waals surface area (Å²) < 4.78 is 0. The summed E-state index contributed by atoms with van der Waals surface area (Å²) in [5, 5.41) is 11.6. The maximum absolute atomic E-state index is 12.3. The van der Waals surface area contributed by atoms with Gasteiger partial charge >= 0.3 is 0 Å². The zero-order chi connectivity index (χ0) is 15.7. The number of fused-ring (bicyclic) bond motifs is 1. The Morgan fingerprint density at radius 3 is 2.77 bits per heavy atom. The number of nitrogens with one attached hydrogen (secondary N) is 1. The van der Waals surface area contributed by atoms with Gasteiger partial charge in [-0.1, -0.05) is 48.5 Å².